The van der Waals surface area contributed by atoms with Crippen molar-refractivity contribution in [2.24, 2.45) is 0 Å². The molecule has 0 spiro atoms. The third-order valence-electron chi connectivity index (χ3n) is 3.54. The summed E-state index contributed by atoms with van der Waals surface area (Å²) in [5.41, 5.74) is 0.212. The molecule has 0 bridgehead atoms. The number of nitrogens with zero attached hydrogens (tertiary/aromatic N) is 1. The number of nitro benzene ring substituents is 1. The number of benzene rings is 2. The zero-order valence-corrected chi connectivity index (χ0v) is 13.0. The fraction of sp³-hybridized carbons (Fsp3) is 0.167. The van der Waals surface area contributed by atoms with Crippen molar-refractivity contribution in [3.8, 4) is 17.1 Å². The van der Waals surface area contributed by atoms with Gasteiger partial charge in [0.1, 0.15) is 17.1 Å². The predicted molar refractivity (Wildman–Crippen MR) is 90.4 cm³/mol. The quantitative estimate of drug-likeness (QED) is 0.519. The molecule has 0 fully saturated rings. The van der Waals surface area contributed by atoms with Crippen LogP contribution >= 0.6 is 0 Å². The minimum absolute atomic E-state index is 0.141. The van der Waals surface area contributed by atoms with Crippen molar-refractivity contribution in [1.82, 2.24) is 0 Å². The molecule has 2 aromatic carbocycles. The molecule has 0 aliphatic carbocycles. The summed E-state index contributed by atoms with van der Waals surface area (Å²) in [4.78, 5) is 23.1. The van der Waals surface area contributed by atoms with E-state index in [1.54, 1.807) is 24.3 Å². The monoisotopic (exact) mass is 325 g/mol. The van der Waals surface area contributed by atoms with E-state index in [4.69, 9.17) is 9.15 Å². The van der Waals surface area contributed by atoms with Gasteiger partial charge in [0.25, 0.3) is 5.69 Å². The van der Waals surface area contributed by atoms with E-state index in [1.165, 1.54) is 24.3 Å². The van der Waals surface area contributed by atoms with Gasteiger partial charge in [-0.3, -0.25) is 14.9 Å². The van der Waals surface area contributed by atoms with E-state index in [0.29, 0.717) is 23.3 Å². The van der Waals surface area contributed by atoms with E-state index >= 15 is 0 Å². The van der Waals surface area contributed by atoms with E-state index in [-0.39, 0.29) is 22.4 Å². The molecule has 0 aliphatic rings. The molecule has 0 aliphatic heterocycles. The summed E-state index contributed by atoms with van der Waals surface area (Å²) in [7, 11) is 0. The second-order valence-corrected chi connectivity index (χ2v) is 5.26. The van der Waals surface area contributed by atoms with Gasteiger partial charge in [-0.2, -0.15) is 0 Å². The SMILES string of the molecule is CCCOc1ccc([N+](=O)[O-])c(-c2cc(=O)c3ccccc3o2)c1. The normalized spacial score (nSPS) is 10.7. The number of para-hydroxylation sites is 1. The molecule has 6 heteroatoms. The van der Waals surface area contributed by atoms with Crippen LogP contribution in [0.4, 0.5) is 5.69 Å². The second-order valence-electron chi connectivity index (χ2n) is 5.26. The van der Waals surface area contributed by atoms with Gasteiger partial charge < -0.3 is 9.15 Å². The molecule has 3 aromatic rings. The van der Waals surface area contributed by atoms with Gasteiger partial charge >= 0.3 is 0 Å². The highest BCUT2D eigenvalue weighted by molar-refractivity contribution is 5.80. The Hall–Kier alpha value is -3.15. The lowest BCUT2D eigenvalue weighted by molar-refractivity contribution is -0.384. The van der Waals surface area contributed by atoms with Gasteiger partial charge in [-0.05, 0) is 30.7 Å². The summed E-state index contributed by atoms with van der Waals surface area (Å²) in [6.07, 6.45) is 0.817. The van der Waals surface area contributed by atoms with E-state index in [9.17, 15) is 14.9 Å². The molecule has 0 saturated carbocycles. The molecule has 0 amide bonds. The molecule has 0 radical (unpaired) electrons. The molecule has 6 nitrogen and oxygen atoms in total. The van der Waals surface area contributed by atoms with E-state index in [1.807, 2.05) is 6.92 Å². The molecule has 1 heterocycles. The highest BCUT2D eigenvalue weighted by atomic mass is 16.6. The zero-order valence-electron chi connectivity index (χ0n) is 13.0. The van der Waals surface area contributed by atoms with Crippen LogP contribution in [-0.2, 0) is 0 Å². The Morgan fingerprint density at radius 1 is 1.17 bits per heavy atom. The summed E-state index contributed by atoms with van der Waals surface area (Å²) >= 11 is 0. The summed E-state index contributed by atoms with van der Waals surface area (Å²) in [5, 5.41) is 11.7. The van der Waals surface area contributed by atoms with Crippen LogP contribution in [0.1, 0.15) is 13.3 Å². The lowest BCUT2D eigenvalue weighted by Gasteiger charge is -2.08. The molecule has 122 valence electrons. The van der Waals surface area contributed by atoms with Gasteiger partial charge in [-0.1, -0.05) is 19.1 Å². The lowest BCUT2D eigenvalue weighted by atomic mass is 10.1. The first-order valence-electron chi connectivity index (χ1n) is 7.54. The first kappa shape index (κ1) is 15.7. The number of hydrogen-bond donors (Lipinski definition) is 0. The topological polar surface area (TPSA) is 82.6 Å². The third kappa shape index (κ3) is 2.99. The van der Waals surface area contributed by atoms with Gasteiger partial charge in [0.15, 0.2) is 5.43 Å². The summed E-state index contributed by atoms with van der Waals surface area (Å²) in [6, 6.07) is 12.5. The van der Waals surface area contributed by atoms with Gasteiger partial charge in [0.2, 0.25) is 0 Å². The minimum atomic E-state index is -0.506. The highest BCUT2D eigenvalue weighted by Crippen LogP contribution is 2.34. The second kappa shape index (κ2) is 6.54. The zero-order chi connectivity index (χ0) is 17.1. The molecule has 0 N–H and O–H groups in total. The maximum absolute atomic E-state index is 12.2. The Morgan fingerprint density at radius 2 is 1.96 bits per heavy atom. The van der Waals surface area contributed by atoms with Crippen LogP contribution < -0.4 is 10.2 Å². The van der Waals surface area contributed by atoms with Gasteiger partial charge in [0.05, 0.1) is 22.5 Å². The van der Waals surface area contributed by atoms with Crippen molar-refractivity contribution in [3.63, 3.8) is 0 Å². The predicted octanol–water partition coefficient (Wildman–Crippen LogP) is 4.16. The summed E-state index contributed by atoms with van der Waals surface area (Å²) in [5.74, 6) is 0.639. The van der Waals surface area contributed by atoms with Crippen LogP contribution in [-0.4, -0.2) is 11.5 Å². The number of fused-ring (bicyclic) bond motifs is 1. The van der Waals surface area contributed by atoms with Crippen LogP contribution in [0.25, 0.3) is 22.3 Å². The molecular weight excluding hydrogens is 310 g/mol. The molecule has 0 saturated heterocycles. The van der Waals surface area contributed by atoms with Crippen molar-refractivity contribution in [2.45, 2.75) is 13.3 Å². The van der Waals surface area contributed by atoms with Crippen LogP contribution in [0.5, 0.6) is 5.75 Å². The maximum Gasteiger partial charge on any atom is 0.280 e. The highest BCUT2D eigenvalue weighted by Gasteiger charge is 2.19. The van der Waals surface area contributed by atoms with Crippen molar-refractivity contribution in [2.75, 3.05) is 6.61 Å². The maximum atomic E-state index is 12.2. The molecule has 1 aromatic heterocycles. The number of nitro groups is 1. The Kier molecular flexibility index (Phi) is 4.29. The first-order chi connectivity index (χ1) is 11.6. The fourth-order valence-corrected chi connectivity index (χ4v) is 2.42. The minimum Gasteiger partial charge on any atom is -0.494 e. The summed E-state index contributed by atoms with van der Waals surface area (Å²) < 4.78 is 11.2. The molecule has 24 heavy (non-hydrogen) atoms. The lowest BCUT2D eigenvalue weighted by Crippen LogP contribution is -2.02. The van der Waals surface area contributed by atoms with Crippen LogP contribution in [0.2, 0.25) is 0 Å². The van der Waals surface area contributed by atoms with Gasteiger partial charge in [-0.15, -0.1) is 0 Å². The largest absolute Gasteiger partial charge is 0.494 e. The fourth-order valence-electron chi connectivity index (χ4n) is 2.42. The molecular formula is C18H15NO5. The average molecular weight is 325 g/mol. The molecule has 3 rings (SSSR count). The van der Waals surface area contributed by atoms with E-state index < -0.39 is 4.92 Å². The third-order valence-corrected chi connectivity index (χ3v) is 3.54. The number of hydrogen-bond acceptors (Lipinski definition) is 5. The van der Waals surface area contributed by atoms with Crippen molar-refractivity contribution >= 4 is 16.7 Å². The van der Waals surface area contributed by atoms with Crippen LogP contribution in [0.15, 0.2) is 57.7 Å². The Balaban J connectivity index is 2.19. The smallest absolute Gasteiger partial charge is 0.280 e. The average Bonchev–Trinajstić information content (AvgIpc) is 2.59. The Bertz CT molecular complexity index is 961. The van der Waals surface area contributed by atoms with Crippen molar-refractivity contribution in [3.05, 3.63) is 68.9 Å². The number of ether oxygens (including phenoxy) is 1. The van der Waals surface area contributed by atoms with Gasteiger partial charge in [-0.25, -0.2) is 0 Å². The van der Waals surface area contributed by atoms with Crippen LogP contribution in [0.3, 0.4) is 0 Å². The van der Waals surface area contributed by atoms with Gasteiger partial charge in [0, 0.05) is 12.1 Å². The Labute approximate surface area is 137 Å². The standard InChI is InChI=1S/C18H15NO5/c1-2-9-23-12-7-8-15(19(21)22)14(10-12)18-11-16(20)13-5-3-4-6-17(13)24-18/h3-8,10-11H,2,9H2,1H3. The first-order valence-corrected chi connectivity index (χ1v) is 7.54. The van der Waals surface area contributed by atoms with Crippen molar-refractivity contribution < 1.29 is 14.1 Å². The number of rotatable bonds is 5. The van der Waals surface area contributed by atoms with Crippen LogP contribution in [0, 0.1) is 10.1 Å². The molecule has 0 atom stereocenters. The van der Waals surface area contributed by atoms with Crippen molar-refractivity contribution in [1.29, 1.82) is 0 Å². The Morgan fingerprint density at radius 3 is 2.71 bits per heavy atom. The molecule has 0 unspecified atom stereocenters. The van der Waals surface area contributed by atoms with E-state index in [0.717, 1.165) is 6.42 Å². The summed E-state index contributed by atoms with van der Waals surface area (Å²) in [6.45, 7) is 2.47. The van der Waals surface area contributed by atoms with E-state index in [2.05, 4.69) is 0 Å².